The van der Waals surface area contributed by atoms with E-state index >= 15 is 0 Å². The highest BCUT2D eigenvalue weighted by molar-refractivity contribution is 6.40. The molecule has 0 aliphatic carbocycles. The van der Waals surface area contributed by atoms with E-state index < -0.39 is 61.8 Å². The summed E-state index contributed by atoms with van der Waals surface area (Å²) in [6, 6.07) is 16.7. The molecule has 0 spiro atoms. The van der Waals surface area contributed by atoms with Gasteiger partial charge in [-0.1, -0.05) is 59.6 Å². The van der Waals surface area contributed by atoms with Crippen LogP contribution in [0.5, 0.6) is 0 Å². The molecule has 0 fully saturated rings. The Hall–Kier alpha value is -4.75. The van der Waals surface area contributed by atoms with Gasteiger partial charge in [0.15, 0.2) is 5.96 Å². The van der Waals surface area contributed by atoms with Crippen molar-refractivity contribution in [2.24, 2.45) is 4.99 Å². The molecule has 0 radical (unpaired) electrons. The monoisotopic (exact) mass is 646 g/mol. The lowest BCUT2D eigenvalue weighted by Gasteiger charge is -2.23. The molecule has 6 N–H and O–H groups in total. The molecule has 4 rings (SSSR count). The van der Waals surface area contributed by atoms with Crippen LogP contribution in [0.3, 0.4) is 0 Å². The molecule has 15 heteroatoms. The van der Waals surface area contributed by atoms with Crippen molar-refractivity contribution in [3.8, 4) is 11.1 Å². The van der Waals surface area contributed by atoms with Gasteiger partial charge < -0.3 is 31.7 Å². The van der Waals surface area contributed by atoms with Crippen molar-refractivity contribution < 1.29 is 33.1 Å². The van der Waals surface area contributed by atoms with Gasteiger partial charge in [0.25, 0.3) is 17.7 Å². The molecule has 3 aromatic rings. The number of amides is 3. The summed E-state index contributed by atoms with van der Waals surface area (Å²) in [6.07, 6.45) is 0. The molecule has 3 amide bonds. The number of carboxylic acids is 1. The Balaban J connectivity index is 1.29. The first-order valence-electron chi connectivity index (χ1n) is 13.1. The summed E-state index contributed by atoms with van der Waals surface area (Å²) in [6.45, 7) is -2.25. The molecule has 3 aromatic carbocycles. The molecule has 1 atom stereocenters. The smallest absolute Gasteiger partial charge is 0.328 e. The van der Waals surface area contributed by atoms with Crippen molar-refractivity contribution in [3.63, 3.8) is 0 Å². The van der Waals surface area contributed by atoms with Crippen LogP contribution in [0.15, 0.2) is 71.7 Å². The van der Waals surface area contributed by atoms with E-state index in [-0.39, 0.29) is 27.1 Å². The number of alkyl halides is 2. The van der Waals surface area contributed by atoms with Crippen molar-refractivity contribution in [1.29, 1.82) is 0 Å². The Kier molecular flexibility index (Phi) is 10.3. The van der Waals surface area contributed by atoms with E-state index in [4.69, 9.17) is 23.2 Å². The van der Waals surface area contributed by atoms with Gasteiger partial charge >= 0.3 is 5.97 Å². The number of aliphatic imine (C=N–C) groups is 1. The van der Waals surface area contributed by atoms with Gasteiger partial charge in [-0.25, -0.2) is 18.6 Å². The van der Waals surface area contributed by atoms with E-state index in [9.17, 15) is 33.1 Å². The summed E-state index contributed by atoms with van der Waals surface area (Å²) >= 11 is 12.6. The van der Waals surface area contributed by atoms with Crippen molar-refractivity contribution in [2.75, 3.05) is 31.5 Å². The van der Waals surface area contributed by atoms with E-state index in [0.29, 0.717) is 11.3 Å². The van der Waals surface area contributed by atoms with E-state index in [1.807, 2.05) is 30.3 Å². The maximum atomic E-state index is 13.3. The molecule has 1 aliphatic heterocycles. The Morgan fingerprint density at radius 3 is 2.27 bits per heavy atom. The largest absolute Gasteiger partial charge is 0.480 e. The number of benzene rings is 3. The number of hydrogen-bond acceptors (Lipinski definition) is 7. The van der Waals surface area contributed by atoms with Crippen molar-refractivity contribution in [2.45, 2.75) is 12.0 Å². The third kappa shape index (κ3) is 8.64. The maximum absolute atomic E-state index is 13.3. The van der Waals surface area contributed by atoms with Crippen LogP contribution in [0.1, 0.15) is 20.7 Å². The zero-order valence-electron chi connectivity index (χ0n) is 22.8. The zero-order chi connectivity index (χ0) is 31.9. The minimum Gasteiger partial charge on any atom is -0.480 e. The maximum Gasteiger partial charge on any atom is 0.328 e. The van der Waals surface area contributed by atoms with Gasteiger partial charge in [-0.15, -0.1) is 0 Å². The average molecular weight is 647 g/mol. The second-order valence-electron chi connectivity index (χ2n) is 9.61. The van der Waals surface area contributed by atoms with Crippen LogP contribution < -0.4 is 26.6 Å². The topological polar surface area (TPSA) is 161 Å². The number of nitrogens with zero attached hydrogens (tertiary/aromatic N) is 1. The summed E-state index contributed by atoms with van der Waals surface area (Å²) in [7, 11) is 0. The fourth-order valence-corrected chi connectivity index (χ4v) is 4.70. The van der Waals surface area contributed by atoms with E-state index in [1.165, 1.54) is 24.3 Å². The number of aliphatic carboxylic acids is 1. The number of nitrogens with one attached hydrogen (secondary N) is 5. The van der Waals surface area contributed by atoms with Gasteiger partial charge in [-0.05, 0) is 41.5 Å². The first-order valence-corrected chi connectivity index (χ1v) is 13.8. The van der Waals surface area contributed by atoms with Gasteiger partial charge in [0, 0.05) is 17.8 Å². The summed E-state index contributed by atoms with van der Waals surface area (Å²) in [5.74, 6) is -6.45. The molecule has 11 nitrogen and oxygen atoms in total. The first kappa shape index (κ1) is 32.2. The second kappa shape index (κ2) is 14.1. The van der Waals surface area contributed by atoms with Crippen LogP contribution in [-0.4, -0.2) is 72.9 Å². The Labute approximate surface area is 260 Å². The fraction of sp³-hybridized carbons (Fsp3) is 0.207. The highest BCUT2D eigenvalue weighted by Crippen LogP contribution is 2.31. The summed E-state index contributed by atoms with van der Waals surface area (Å²) < 4.78 is 26.5. The molecule has 0 bridgehead atoms. The van der Waals surface area contributed by atoms with Crippen molar-refractivity contribution in [3.05, 3.63) is 87.9 Å². The average Bonchev–Trinajstić information content (AvgIpc) is 2.99. The summed E-state index contributed by atoms with van der Waals surface area (Å²) in [5, 5.41) is 21.9. The molecular formula is C29H26Cl2F2N6O5. The minimum absolute atomic E-state index is 0.00792. The predicted molar refractivity (Wildman–Crippen MR) is 161 cm³/mol. The fourth-order valence-electron chi connectivity index (χ4n) is 4.04. The number of anilines is 1. The molecule has 0 aromatic heterocycles. The number of carbonyl (C=O) groups excluding carboxylic acids is 3. The van der Waals surface area contributed by atoms with Gasteiger partial charge in [0.2, 0.25) is 5.91 Å². The first-order chi connectivity index (χ1) is 20.9. The number of carbonyl (C=O) groups is 4. The predicted octanol–water partition coefficient (Wildman–Crippen LogP) is 3.40. The molecule has 1 aliphatic rings. The van der Waals surface area contributed by atoms with E-state index in [1.54, 1.807) is 12.1 Å². The lowest BCUT2D eigenvalue weighted by molar-refractivity contribution is -0.139. The summed E-state index contributed by atoms with van der Waals surface area (Å²) in [5.41, 5.74) is 1.90. The molecule has 0 saturated heterocycles. The van der Waals surface area contributed by atoms with Gasteiger partial charge in [0.1, 0.15) is 12.6 Å². The number of hydrogen-bond donors (Lipinski definition) is 6. The normalized spacial score (nSPS) is 14.3. The third-order valence-electron chi connectivity index (χ3n) is 6.26. The van der Waals surface area contributed by atoms with E-state index in [0.717, 1.165) is 5.56 Å². The number of rotatable bonds is 10. The number of halogens is 4. The van der Waals surface area contributed by atoms with Crippen molar-refractivity contribution in [1.82, 2.24) is 21.3 Å². The van der Waals surface area contributed by atoms with Crippen LogP contribution in [0.2, 0.25) is 10.0 Å². The van der Waals surface area contributed by atoms with Crippen LogP contribution in [0.4, 0.5) is 14.5 Å². The van der Waals surface area contributed by atoms with Crippen LogP contribution >= 0.6 is 23.2 Å². The quantitative estimate of drug-likeness (QED) is 0.197. The lowest BCUT2D eigenvalue weighted by Crippen LogP contribution is -2.50. The van der Waals surface area contributed by atoms with Crippen LogP contribution in [0, 0.1) is 0 Å². The van der Waals surface area contributed by atoms with Crippen molar-refractivity contribution >= 4 is 58.5 Å². The standard InChI is InChI=1S/C29H26Cl2F2N6O5/c30-20-10-18(16-5-2-1-3-6-16)11-21(31)24(20)26(42)39-22(27(43)44)12-34-23(40)13-35-25(41)17-7-4-8-19(9-17)38-28-36-14-29(32,33)15-37-28/h1-11,22H,12-15H2,(H,34,40)(H,35,41)(H,39,42)(H,43,44)(H2,36,37,38). The Morgan fingerprint density at radius 1 is 0.932 bits per heavy atom. The molecule has 0 saturated carbocycles. The minimum atomic E-state index is -2.94. The number of guanidine groups is 1. The third-order valence-corrected chi connectivity index (χ3v) is 6.86. The molecular weight excluding hydrogens is 621 g/mol. The van der Waals surface area contributed by atoms with Gasteiger partial charge in [0.05, 0.1) is 28.7 Å². The Morgan fingerprint density at radius 2 is 1.64 bits per heavy atom. The lowest BCUT2D eigenvalue weighted by atomic mass is 10.0. The second-order valence-corrected chi connectivity index (χ2v) is 10.4. The van der Waals surface area contributed by atoms with Crippen LogP contribution in [-0.2, 0) is 9.59 Å². The highest BCUT2D eigenvalue weighted by atomic mass is 35.5. The molecule has 230 valence electrons. The zero-order valence-corrected chi connectivity index (χ0v) is 24.3. The Bertz CT molecular complexity index is 1580. The van der Waals surface area contributed by atoms with E-state index in [2.05, 4.69) is 31.6 Å². The van der Waals surface area contributed by atoms with Gasteiger partial charge in [-0.2, -0.15) is 0 Å². The highest BCUT2D eigenvalue weighted by Gasteiger charge is 2.32. The van der Waals surface area contributed by atoms with Crippen LogP contribution in [0.25, 0.3) is 11.1 Å². The SMILES string of the molecule is O=C(CNC(=O)c1cccc(NC2=NCC(F)(F)CN2)c1)NCC(NC(=O)c1c(Cl)cc(-c2ccccc2)cc1Cl)C(=O)O. The number of carboxylic acid groups (broad SMARTS) is 1. The summed E-state index contributed by atoms with van der Waals surface area (Å²) in [4.78, 5) is 53.3. The molecule has 1 unspecified atom stereocenters. The van der Waals surface area contributed by atoms with Gasteiger partial charge in [-0.3, -0.25) is 14.4 Å². The molecule has 44 heavy (non-hydrogen) atoms. The molecule has 1 heterocycles.